The van der Waals surface area contributed by atoms with Gasteiger partial charge in [0.15, 0.2) is 5.65 Å². The van der Waals surface area contributed by atoms with Crippen LogP contribution < -0.4 is 5.32 Å². The van der Waals surface area contributed by atoms with E-state index in [4.69, 9.17) is 11.6 Å². The average Bonchev–Trinajstić information content (AvgIpc) is 2.83. The Morgan fingerprint density at radius 2 is 2.05 bits per heavy atom. The Balaban J connectivity index is 2.26. The van der Waals surface area contributed by atoms with Crippen molar-refractivity contribution >= 4 is 28.5 Å². The second kappa shape index (κ2) is 5.09. The van der Waals surface area contributed by atoms with Crippen molar-refractivity contribution in [3.63, 3.8) is 0 Å². The van der Waals surface area contributed by atoms with Gasteiger partial charge in [-0.2, -0.15) is 5.10 Å². The number of aromatic nitrogens is 4. The number of aryl methyl sites for hydroxylation is 1. The highest BCUT2D eigenvalue weighted by Gasteiger charge is 2.13. The number of benzene rings is 1. The maximum absolute atomic E-state index is 6.24. The van der Waals surface area contributed by atoms with Crippen LogP contribution in [0.25, 0.3) is 16.7 Å². The largest absolute Gasteiger partial charge is 0.370 e. The van der Waals surface area contributed by atoms with Crippen molar-refractivity contribution in [2.45, 2.75) is 13.8 Å². The van der Waals surface area contributed by atoms with Crippen LogP contribution in [0.3, 0.4) is 0 Å². The van der Waals surface area contributed by atoms with Gasteiger partial charge in [0.25, 0.3) is 0 Å². The number of halogens is 1. The first-order chi connectivity index (χ1) is 9.70. The van der Waals surface area contributed by atoms with Gasteiger partial charge >= 0.3 is 0 Å². The van der Waals surface area contributed by atoms with Gasteiger partial charge in [-0.25, -0.2) is 14.6 Å². The molecule has 20 heavy (non-hydrogen) atoms. The molecule has 0 amide bonds. The summed E-state index contributed by atoms with van der Waals surface area (Å²) in [5, 5.41) is 9.16. The van der Waals surface area contributed by atoms with E-state index >= 15 is 0 Å². The van der Waals surface area contributed by atoms with Gasteiger partial charge in [0, 0.05) is 6.54 Å². The summed E-state index contributed by atoms with van der Waals surface area (Å²) in [6.07, 6.45) is 1.76. The molecule has 2 heterocycles. The Labute approximate surface area is 121 Å². The third kappa shape index (κ3) is 2.10. The van der Waals surface area contributed by atoms with Gasteiger partial charge in [-0.1, -0.05) is 23.7 Å². The zero-order valence-corrected chi connectivity index (χ0v) is 12.0. The molecule has 102 valence electrons. The number of fused-ring (bicyclic) bond motifs is 1. The second-order valence-electron chi connectivity index (χ2n) is 4.39. The molecule has 0 aliphatic rings. The number of anilines is 1. The summed E-state index contributed by atoms with van der Waals surface area (Å²) in [6, 6.07) is 7.57. The maximum Gasteiger partial charge on any atom is 0.168 e. The molecular formula is C14H14ClN5. The molecule has 0 bridgehead atoms. The Morgan fingerprint density at radius 3 is 2.80 bits per heavy atom. The summed E-state index contributed by atoms with van der Waals surface area (Å²) in [6.45, 7) is 4.69. The van der Waals surface area contributed by atoms with E-state index in [0.717, 1.165) is 29.1 Å². The van der Waals surface area contributed by atoms with Crippen LogP contribution in [-0.2, 0) is 0 Å². The van der Waals surface area contributed by atoms with Crippen molar-refractivity contribution in [1.82, 2.24) is 19.7 Å². The minimum absolute atomic E-state index is 0.638. The molecule has 5 nitrogen and oxygen atoms in total. The van der Waals surface area contributed by atoms with Gasteiger partial charge in [0.05, 0.1) is 22.3 Å². The fourth-order valence-electron chi connectivity index (χ4n) is 2.12. The first-order valence-electron chi connectivity index (χ1n) is 6.42. The molecular weight excluding hydrogens is 274 g/mol. The molecule has 0 saturated heterocycles. The van der Waals surface area contributed by atoms with Crippen molar-refractivity contribution in [3.05, 3.63) is 41.3 Å². The SMILES string of the molecule is CCNc1nc(C)nc2c1cnn2-c1ccccc1Cl. The van der Waals surface area contributed by atoms with Crippen LogP contribution >= 0.6 is 11.6 Å². The normalized spacial score (nSPS) is 10.9. The minimum Gasteiger partial charge on any atom is -0.370 e. The standard InChI is InChI=1S/C14H14ClN5/c1-3-16-13-10-8-17-20(14(10)19-9(2)18-13)12-7-5-4-6-11(12)15/h4-8H,3H2,1-2H3,(H,16,18,19). The Morgan fingerprint density at radius 1 is 1.25 bits per heavy atom. The number of para-hydroxylation sites is 1. The van der Waals surface area contributed by atoms with Crippen LogP contribution in [-0.4, -0.2) is 26.3 Å². The highest BCUT2D eigenvalue weighted by Crippen LogP contribution is 2.26. The Hall–Kier alpha value is -2.14. The number of nitrogens with zero attached hydrogens (tertiary/aromatic N) is 4. The highest BCUT2D eigenvalue weighted by atomic mass is 35.5. The smallest absolute Gasteiger partial charge is 0.168 e. The van der Waals surface area contributed by atoms with Gasteiger partial charge < -0.3 is 5.32 Å². The van der Waals surface area contributed by atoms with Gasteiger partial charge in [-0.3, -0.25) is 0 Å². The number of nitrogens with one attached hydrogen (secondary N) is 1. The van der Waals surface area contributed by atoms with E-state index in [9.17, 15) is 0 Å². The summed E-state index contributed by atoms with van der Waals surface area (Å²) >= 11 is 6.24. The fourth-order valence-corrected chi connectivity index (χ4v) is 2.33. The summed E-state index contributed by atoms with van der Waals surface area (Å²) in [7, 11) is 0. The lowest BCUT2D eigenvalue weighted by Gasteiger charge is -2.07. The lowest BCUT2D eigenvalue weighted by molar-refractivity contribution is 0.889. The third-order valence-electron chi connectivity index (χ3n) is 2.97. The fraction of sp³-hybridized carbons (Fsp3) is 0.214. The molecule has 2 aromatic heterocycles. The van der Waals surface area contributed by atoms with E-state index in [1.807, 2.05) is 38.1 Å². The number of hydrogen-bond donors (Lipinski definition) is 1. The summed E-state index contributed by atoms with van der Waals surface area (Å²) < 4.78 is 1.74. The monoisotopic (exact) mass is 287 g/mol. The molecule has 6 heteroatoms. The molecule has 0 aliphatic carbocycles. The average molecular weight is 288 g/mol. The molecule has 0 atom stereocenters. The summed E-state index contributed by atoms with van der Waals surface area (Å²) in [5.41, 5.74) is 1.56. The van der Waals surface area contributed by atoms with Crippen LogP contribution in [0.4, 0.5) is 5.82 Å². The zero-order valence-electron chi connectivity index (χ0n) is 11.3. The van der Waals surface area contributed by atoms with Crippen molar-refractivity contribution in [1.29, 1.82) is 0 Å². The summed E-state index contributed by atoms with van der Waals surface area (Å²) in [4.78, 5) is 8.90. The first-order valence-corrected chi connectivity index (χ1v) is 6.79. The minimum atomic E-state index is 0.638. The van der Waals surface area contributed by atoms with Crippen LogP contribution in [0.2, 0.25) is 5.02 Å². The van der Waals surface area contributed by atoms with Crippen molar-refractivity contribution in [2.24, 2.45) is 0 Å². The first kappa shape index (κ1) is 12.9. The summed E-state index contributed by atoms with van der Waals surface area (Å²) in [5.74, 6) is 1.50. The molecule has 0 spiro atoms. The van der Waals surface area contributed by atoms with E-state index in [0.29, 0.717) is 10.8 Å². The lowest BCUT2D eigenvalue weighted by Crippen LogP contribution is -2.04. The number of hydrogen-bond acceptors (Lipinski definition) is 4. The van der Waals surface area contributed by atoms with Gasteiger partial charge in [0.1, 0.15) is 11.6 Å². The van der Waals surface area contributed by atoms with Crippen LogP contribution in [0.15, 0.2) is 30.5 Å². The molecule has 3 rings (SSSR count). The van der Waals surface area contributed by atoms with Crippen molar-refractivity contribution in [3.8, 4) is 5.69 Å². The zero-order chi connectivity index (χ0) is 14.1. The lowest BCUT2D eigenvalue weighted by atomic mass is 10.3. The molecule has 1 aromatic carbocycles. The third-order valence-corrected chi connectivity index (χ3v) is 3.28. The molecule has 0 saturated carbocycles. The molecule has 3 aromatic rings. The van der Waals surface area contributed by atoms with E-state index in [-0.39, 0.29) is 0 Å². The molecule has 1 N–H and O–H groups in total. The van der Waals surface area contributed by atoms with Crippen molar-refractivity contribution < 1.29 is 0 Å². The van der Waals surface area contributed by atoms with E-state index < -0.39 is 0 Å². The van der Waals surface area contributed by atoms with E-state index in [1.165, 1.54) is 0 Å². The molecule has 0 unspecified atom stereocenters. The molecule has 0 radical (unpaired) electrons. The Bertz CT molecular complexity index is 765. The van der Waals surface area contributed by atoms with Crippen LogP contribution in [0.1, 0.15) is 12.7 Å². The topological polar surface area (TPSA) is 55.6 Å². The quantitative estimate of drug-likeness (QED) is 0.804. The second-order valence-corrected chi connectivity index (χ2v) is 4.80. The number of rotatable bonds is 3. The molecule has 0 aliphatic heterocycles. The van der Waals surface area contributed by atoms with Crippen LogP contribution in [0.5, 0.6) is 0 Å². The van der Waals surface area contributed by atoms with E-state index in [2.05, 4.69) is 20.4 Å². The highest BCUT2D eigenvalue weighted by molar-refractivity contribution is 6.32. The van der Waals surface area contributed by atoms with Crippen molar-refractivity contribution in [2.75, 3.05) is 11.9 Å². The predicted molar refractivity (Wildman–Crippen MR) is 80.6 cm³/mol. The maximum atomic E-state index is 6.24. The van der Waals surface area contributed by atoms with Gasteiger partial charge in [-0.05, 0) is 26.0 Å². The van der Waals surface area contributed by atoms with Crippen LogP contribution in [0, 0.1) is 6.92 Å². The van der Waals surface area contributed by atoms with Gasteiger partial charge in [-0.15, -0.1) is 0 Å². The molecule has 0 fully saturated rings. The Kier molecular flexibility index (Phi) is 3.28. The predicted octanol–water partition coefficient (Wildman–Crippen LogP) is 3.21. The van der Waals surface area contributed by atoms with E-state index in [1.54, 1.807) is 10.9 Å². The van der Waals surface area contributed by atoms with Gasteiger partial charge in [0.2, 0.25) is 0 Å².